The number of rotatable bonds is 3. The van der Waals surface area contributed by atoms with Gasteiger partial charge in [0.25, 0.3) is 0 Å². The fraction of sp³-hybridized carbons (Fsp3) is 0. The van der Waals surface area contributed by atoms with Crippen LogP contribution in [-0.4, -0.2) is 22.2 Å². The SMILES string of the molecule is O=C(O)/C=C(Br)/C=C/C(=O)O. The molecule has 0 rings (SSSR count). The Bertz CT molecular complexity index is 229. The zero-order valence-corrected chi connectivity index (χ0v) is 6.91. The first-order valence-electron chi connectivity index (χ1n) is 2.53. The van der Waals surface area contributed by atoms with Crippen molar-refractivity contribution in [2.75, 3.05) is 0 Å². The summed E-state index contributed by atoms with van der Waals surface area (Å²) in [5.74, 6) is -2.26. The Morgan fingerprint density at radius 2 is 1.64 bits per heavy atom. The van der Waals surface area contributed by atoms with Gasteiger partial charge in [-0.3, -0.25) is 0 Å². The number of carboxylic acid groups (broad SMARTS) is 2. The summed E-state index contributed by atoms with van der Waals surface area (Å²) in [4.78, 5) is 19.9. The molecular formula is C6H5BrO4. The maximum atomic E-state index is 9.97. The minimum Gasteiger partial charge on any atom is -0.478 e. The van der Waals surface area contributed by atoms with E-state index in [9.17, 15) is 9.59 Å². The van der Waals surface area contributed by atoms with Crippen molar-refractivity contribution in [2.24, 2.45) is 0 Å². The number of allylic oxidation sites excluding steroid dienone is 2. The molecular weight excluding hydrogens is 216 g/mol. The van der Waals surface area contributed by atoms with Gasteiger partial charge in [-0.25, -0.2) is 9.59 Å². The summed E-state index contributed by atoms with van der Waals surface area (Å²) < 4.78 is 0.201. The largest absolute Gasteiger partial charge is 0.478 e. The van der Waals surface area contributed by atoms with E-state index >= 15 is 0 Å². The predicted octanol–water partition coefficient (Wildman–Crippen LogP) is 0.991. The minimum absolute atomic E-state index is 0.201. The average molecular weight is 221 g/mol. The van der Waals surface area contributed by atoms with E-state index in [0.717, 1.165) is 18.2 Å². The molecule has 0 bridgehead atoms. The van der Waals surface area contributed by atoms with Crippen molar-refractivity contribution in [3.05, 3.63) is 22.7 Å². The molecule has 0 heterocycles. The third-order valence-corrected chi connectivity index (χ3v) is 1.14. The van der Waals surface area contributed by atoms with E-state index in [4.69, 9.17) is 10.2 Å². The zero-order chi connectivity index (χ0) is 8.85. The number of hydrogen-bond donors (Lipinski definition) is 2. The molecule has 0 atom stereocenters. The second kappa shape index (κ2) is 4.68. The number of hydrogen-bond acceptors (Lipinski definition) is 2. The molecule has 0 aliphatic carbocycles. The van der Waals surface area contributed by atoms with Crippen LogP contribution in [0.15, 0.2) is 22.7 Å². The van der Waals surface area contributed by atoms with Gasteiger partial charge in [0.05, 0.1) is 0 Å². The van der Waals surface area contributed by atoms with Gasteiger partial charge in [0.1, 0.15) is 0 Å². The van der Waals surface area contributed by atoms with Crippen LogP contribution in [0.3, 0.4) is 0 Å². The second-order valence-corrected chi connectivity index (χ2v) is 2.45. The first-order chi connectivity index (χ1) is 5.02. The van der Waals surface area contributed by atoms with E-state index < -0.39 is 11.9 Å². The summed E-state index contributed by atoms with van der Waals surface area (Å²) in [5.41, 5.74) is 0. The van der Waals surface area contributed by atoms with Crippen molar-refractivity contribution in [3.8, 4) is 0 Å². The standard InChI is InChI=1S/C6H5BrO4/c7-4(3-6(10)11)1-2-5(8)9/h1-3H,(H,8,9)(H,10,11)/b2-1+,4-3-. The number of carbonyl (C=O) groups is 2. The van der Waals surface area contributed by atoms with Crippen LogP contribution < -0.4 is 0 Å². The van der Waals surface area contributed by atoms with Gasteiger partial charge in [-0.1, -0.05) is 15.9 Å². The van der Waals surface area contributed by atoms with Crippen molar-refractivity contribution in [3.63, 3.8) is 0 Å². The molecule has 0 aromatic carbocycles. The summed E-state index contributed by atoms with van der Waals surface area (Å²) in [6.07, 6.45) is 2.82. The van der Waals surface area contributed by atoms with E-state index in [0.29, 0.717) is 0 Å². The molecule has 0 fully saturated rings. The highest BCUT2D eigenvalue weighted by molar-refractivity contribution is 9.11. The van der Waals surface area contributed by atoms with E-state index in [1.54, 1.807) is 0 Å². The quantitative estimate of drug-likeness (QED) is 0.550. The Morgan fingerprint density at radius 1 is 1.09 bits per heavy atom. The van der Waals surface area contributed by atoms with Gasteiger partial charge in [0.15, 0.2) is 0 Å². The summed E-state index contributed by atoms with van der Waals surface area (Å²) in [7, 11) is 0. The maximum Gasteiger partial charge on any atom is 0.329 e. The van der Waals surface area contributed by atoms with Gasteiger partial charge in [-0.15, -0.1) is 0 Å². The smallest absolute Gasteiger partial charge is 0.329 e. The predicted molar refractivity (Wildman–Crippen MR) is 41.4 cm³/mol. The molecule has 0 aliphatic rings. The van der Waals surface area contributed by atoms with E-state index in [-0.39, 0.29) is 4.48 Å². The Hall–Kier alpha value is -1.10. The maximum absolute atomic E-state index is 9.97. The zero-order valence-electron chi connectivity index (χ0n) is 5.32. The van der Waals surface area contributed by atoms with Crippen LogP contribution >= 0.6 is 15.9 Å². The molecule has 11 heavy (non-hydrogen) atoms. The summed E-state index contributed by atoms with van der Waals surface area (Å²) >= 11 is 2.84. The average Bonchev–Trinajstić information content (AvgIpc) is 1.82. The Kier molecular flexibility index (Phi) is 4.21. The van der Waals surface area contributed by atoms with Crippen molar-refractivity contribution in [2.45, 2.75) is 0 Å². The van der Waals surface area contributed by atoms with Crippen LogP contribution in [0.2, 0.25) is 0 Å². The van der Waals surface area contributed by atoms with Gasteiger partial charge >= 0.3 is 11.9 Å². The number of aliphatic carboxylic acids is 2. The monoisotopic (exact) mass is 220 g/mol. The minimum atomic E-state index is -1.13. The topological polar surface area (TPSA) is 74.6 Å². The van der Waals surface area contributed by atoms with Crippen molar-refractivity contribution in [1.82, 2.24) is 0 Å². The molecule has 0 saturated heterocycles. The molecule has 4 nitrogen and oxygen atoms in total. The highest BCUT2D eigenvalue weighted by Gasteiger charge is 1.92. The molecule has 0 aromatic rings. The van der Waals surface area contributed by atoms with Crippen molar-refractivity contribution < 1.29 is 19.8 Å². The van der Waals surface area contributed by atoms with Crippen LogP contribution in [-0.2, 0) is 9.59 Å². The molecule has 0 unspecified atom stereocenters. The number of halogens is 1. The highest BCUT2D eigenvalue weighted by atomic mass is 79.9. The molecule has 0 saturated carbocycles. The van der Waals surface area contributed by atoms with Gasteiger partial charge in [-0.2, -0.15) is 0 Å². The number of carboxylic acids is 2. The lowest BCUT2D eigenvalue weighted by Gasteiger charge is -1.83. The third kappa shape index (κ3) is 6.79. The fourth-order valence-corrected chi connectivity index (χ4v) is 0.645. The lowest BCUT2D eigenvalue weighted by atomic mass is 10.4. The second-order valence-electron chi connectivity index (χ2n) is 1.54. The summed E-state index contributed by atoms with van der Waals surface area (Å²) in [6.45, 7) is 0. The molecule has 2 N–H and O–H groups in total. The van der Waals surface area contributed by atoms with E-state index in [2.05, 4.69) is 15.9 Å². The lowest BCUT2D eigenvalue weighted by molar-refractivity contribution is -0.132. The fourth-order valence-electron chi connectivity index (χ4n) is 0.317. The normalized spacial score (nSPS) is 11.9. The van der Waals surface area contributed by atoms with Crippen LogP contribution in [0.5, 0.6) is 0 Å². The molecule has 0 amide bonds. The molecule has 60 valence electrons. The highest BCUT2D eigenvalue weighted by Crippen LogP contribution is 2.05. The summed E-state index contributed by atoms with van der Waals surface area (Å²) in [6, 6.07) is 0. The van der Waals surface area contributed by atoms with Gasteiger partial charge < -0.3 is 10.2 Å². The first-order valence-corrected chi connectivity index (χ1v) is 3.33. The molecule has 0 radical (unpaired) electrons. The van der Waals surface area contributed by atoms with Crippen molar-refractivity contribution in [1.29, 1.82) is 0 Å². The van der Waals surface area contributed by atoms with E-state index in [1.807, 2.05) is 0 Å². The van der Waals surface area contributed by atoms with Gasteiger partial charge in [-0.05, 0) is 6.08 Å². The Labute approximate surface area is 71.0 Å². The van der Waals surface area contributed by atoms with Crippen LogP contribution in [0.25, 0.3) is 0 Å². The van der Waals surface area contributed by atoms with Crippen LogP contribution in [0.1, 0.15) is 0 Å². The lowest BCUT2D eigenvalue weighted by Crippen LogP contribution is -1.88. The first kappa shape index (κ1) is 9.90. The summed E-state index contributed by atoms with van der Waals surface area (Å²) in [5, 5.41) is 16.3. The molecule has 0 spiro atoms. The van der Waals surface area contributed by atoms with Gasteiger partial charge in [0, 0.05) is 16.6 Å². The van der Waals surface area contributed by atoms with Gasteiger partial charge in [0.2, 0.25) is 0 Å². The molecule has 0 aliphatic heterocycles. The molecule has 0 aromatic heterocycles. The third-order valence-electron chi connectivity index (χ3n) is 0.646. The molecule has 5 heteroatoms. The Balaban J connectivity index is 4.17. The van der Waals surface area contributed by atoms with Crippen LogP contribution in [0.4, 0.5) is 0 Å². The van der Waals surface area contributed by atoms with E-state index in [1.165, 1.54) is 0 Å². The van der Waals surface area contributed by atoms with Crippen LogP contribution in [0, 0.1) is 0 Å². The van der Waals surface area contributed by atoms with Crippen molar-refractivity contribution >= 4 is 27.9 Å². The Morgan fingerprint density at radius 3 is 2.00 bits per heavy atom.